The Labute approximate surface area is 159 Å². The minimum atomic E-state index is -0.733. The van der Waals surface area contributed by atoms with E-state index in [1.807, 2.05) is 12.1 Å². The second-order valence-corrected chi connectivity index (χ2v) is 6.85. The van der Waals surface area contributed by atoms with E-state index in [2.05, 4.69) is 40.1 Å². The van der Waals surface area contributed by atoms with Crippen LogP contribution in [0.15, 0.2) is 42.6 Å². The third-order valence-corrected chi connectivity index (χ3v) is 4.71. The molecule has 1 aromatic heterocycles. The van der Waals surface area contributed by atoms with Crippen LogP contribution < -0.4 is 15.6 Å². The summed E-state index contributed by atoms with van der Waals surface area (Å²) in [5.74, 6) is 0.0714. The van der Waals surface area contributed by atoms with Gasteiger partial charge in [0.25, 0.3) is 0 Å². The second kappa shape index (κ2) is 10.0. The molecule has 2 heterocycles. The first kappa shape index (κ1) is 19.3. The van der Waals surface area contributed by atoms with Crippen molar-refractivity contribution in [2.24, 2.45) is 0 Å². The van der Waals surface area contributed by atoms with Crippen LogP contribution >= 0.6 is 0 Å². The number of aliphatic carboxylic acids is 1. The van der Waals surface area contributed by atoms with E-state index < -0.39 is 5.97 Å². The molecule has 1 aliphatic rings. The summed E-state index contributed by atoms with van der Waals surface area (Å²) < 4.78 is 5.79. The van der Waals surface area contributed by atoms with Crippen molar-refractivity contribution in [1.29, 1.82) is 0 Å². The molecule has 27 heavy (non-hydrogen) atoms. The Bertz CT molecular complexity index is 710. The van der Waals surface area contributed by atoms with Gasteiger partial charge in [0.2, 0.25) is 0 Å². The molecule has 0 aliphatic carbocycles. The number of hydrazine groups is 1. The van der Waals surface area contributed by atoms with Crippen molar-refractivity contribution in [3.8, 4) is 5.75 Å². The average Bonchev–Trinajstić information content (AvgIpc) is 3.21. The van der Waals surface area contributed by atoms with Crippen LogP contribution in [0.1, 0.15) is 48.5 Å². The van der Waals surface area contributed by atoms with Crippen molar-refractivity contribution in [3.05, 3.63) is 59.4 Å². The minimum absolute atomic E-state index is 0.225. The maximum Gasteiger partial charge on any atom is 0.303 e. The van der Waals surface area contributed by atoms with Gasteiger partial charge in [-0.15, -0.1) is 0 Å². The highest BCUT2D eigenvalue weighted by atomic mass is 16.5. The third-order valence-electron chi connectivity index (χ3n) is 4.71. The first-order valence-corrected chi connectivity index (χ1v) is 9.57. The highest BCUT2D eigenvalue weighted by molar-refractivity contribution is 5.66. The van der Waals surface area contributed by atoms with Crippen LogP contribution in [0.25, 0.3) is 0 Å². The predicted molar refractivity (Wildman–Crippen MR) is 104 cm³/mol. The number of aryl methyl sites for hydroxylation is 2. The van der Waals surface area contributed by atoms with Gasteiger partial charge in [-0.2, -0.15) is 0 Å². The van der Waals surface area contributed by atoms with Crippen LogP contribution in [0.3, 0.4) is 0 Å². The minimum Gasteiger partial charge on any atom is -0.492 e. The molecule has 0 saturated carbocycles. The zero-order valence-electron chi connectivity index (χ0n) is 15.5. The number of pyridine rings is 1. The number of rotatable bonds is 10. The lowest BCUT2D eigenvalue weighted by Gasteiger charge is -2.10. The SMILES string of the molecule is O=C(O)CCCc1ccc(CCCOc2ccc(C3CCNN3)nc2)cc1. The van der Waals surface area contributed by atoms with Crippen LogP contribution in [0.5, 0.6) is 5.75 Å². The maximum atomic E-state index is 10.5. The molecule has 3 N–H and O–H groups in total. The first-order chi connectivity index (χ1) is 13.2. The van der Waals surface area contributed by atoms with Gasteiger partial charge in [-0.1, -0.05) is 24.3 Å². The van der Waals surface area contributed by atoms with E-state index in [1.165, 1.54) is 11.1 Å². The fourth-order valence-corrected chi connectivity index (χ4v) is 3.17. The molecule has 144 valence electrons. The van der Waals surface area contributed by atoms with E-state index in [4.69, 9.17) is 9.84 Å². The molecule has 1 saturated heterocycles. The topological polar surface area (TPSA) is 83.5 Å². The Balaban J connectivity index is 1.35. The number of carboxylic acid groups (broad SMARTS) is 1. The van der Waals surface area contributed by atoms with E-state index in [0.717, 1.165) is 43.7 Å². The molecule has 0 radical (unpaired) electrons. The van der Waals surface area contributed by atoms with E-state index in [1.54, 1.807) is 6.20 Å². The molecule has 6 nitrogen and oxygen atoms in total. The summed E-state index contributed by atoms with van der Waals surface area (Å²) in [6.07, 6.45) is 6.45. The zero-order chi connectivity index (χ0) is 18.9. The lowest BCUT2D eigenvalue weighted by molar-refractivity contribution is -0.137. The van der Waals surface area contributed by atoms with Crippen LogP contribution in [0.2, 0.25) is 0 Å². The number of nitrogens with zero attached hydrogens (tertiary/aromatic N) is 1. The monoisotopic (exact) mass is 369 g/mol. The largest absolute Gasteiger partial charge is 0.492 e. The van der Waals surface area contributed by atoms with Crippen molar-refractivity contribution < 1.29 is 14.6 Å². The van der Waals surface area contributed by atoms with Gasteiger partial charge >= 0.3 is 5.97 Å². The number of aromatic nitrogens is 1. The van der Waals surface area contributed by atoms with Gasteiger partial charge in [-0.05, 0) is 55.4 Å². The molecular formula is C21H27N3O3. The summed E-state index contributed by atoms with van der Waals surface area (Å²) in [7, 11) is 0. The van der Waals surface area contributed by atoms with E-state index in [0.29, 0.717) is 13.0 Å². The number of benzene rings is 1. The molecule has 1 aliphatic heterocycles. The Hall–Kier alpha value is -2.44. The molecular weight excluding hydrogens is 342 g/mol. The van der Waals surface area contributed by atoms with Crippen molar-refractivity contribution in [1.82, 2.24) is 15.8 Å². The molecule has 6 heteroatoms. The summed E-state index contributed by atoms with van der Waals surface area (Å²) >= 11 is 0. The van der Waals surface area contributed by atoms with Crippen molar-refractivity contribution >= 4 is 5.97 Å². The number of hydrogen-bond donors (Lipinski definition) is 3. The maximum absolute atomic E-state index is 10.5. The number of carboxylic acids is 1. The molecule has 1 aromatic carbocycles. The molecule has 0 amide bonds. The molecule has 1 fully saturated rings. The van der Waals surface area contributed by atoms with Crippen LogP contribution in [0.4, 0.5) is 0 Å². The standard InChI is InChI=1S/C21H27N3O3/c25-21(26)5-1-3-16-6-8-17(9-7-16)4-2-14-27-18-10-11-19(22-15-18)20-12-13-23-24-20/h6-11,15,20,23-24H,1-5,12-14H2,(H,25,26). The molecule has 1 atom stereocenters. The fraction of sp³-hybridized carbons (Fsp3) is 0.429. The van der Waals surface area contributed by atoms with Crippen LogP contribution in [0, 0.1) is 0 Å². The molecule has 1 unspecified atom stereocenters. The Morgan fingerprint density at radius 2 is 1.85 bits per heavy atom. The Morgan fingerprint density at radius 3 is 2.44 bits per heavy atom. The van der Waals surface area contributed by atoms with Gasteiger partial charge in [0.05, 0.1) is 24.5 Å². The number of hydrogen-bond acceptors (Lipinski definition) is 5. The van der Waals surface area contributed by atoms with E-state index in [9.17, 15) is 4.79 Å². The summed E-state index contributed by atoms with van der Waals surface area (Å²) in [6.45, 7) is 1.62. The number of ether oxygens (including phenoxy) is 1. The normalized spacial score (nSPS) is 16.4. The Morgan fingerprint density at radius 1 is 1.11 bits per heavy atom. The summed E-state index contributed by atoms with van der Waals surface area (Å²) in [5, 5.41) is 8.68. The second-order valence-electron chi connectivity index (χ2n) is 6.85. The Kier molecular flexibility index (Phi) is 7.19. The third kappa shape index (κ3) is 6.34. The summed E-state index contributed by atoms with van der Waals surface area (Å²) in [4.78, 5) is 15.0. The first-order valence-electron chi connectivity index (χ1n) is 9.57. The van der Waals surface area contributed by atoms with Gasteiger partial charge < -0.3 is 9.84 Å². The quantitative estimate of drug-likeness (QED) is 0.558. The smallest absolute Gasteiger partial charge is 0.303 e. The molecule has 0 bridgehead atoms. The summed E-state index contributed by atoms with van der Waals surface area (Å²) in [6, 6.07) is 12.7. The summed E-state index contributed by atoms with van der Waals surface area (Å²) in [5.41, 5.74) is 9.82. The van der Waals surface area contributed by atoms with Crippen molar-refractivity contribution in [3.63, 3.8) is 0 Å². The van der Waals surface area contributed by atoms with Crippen LogP contribution in [-0.2, 0) is 17.6 Å². The van der Waals surface area contributed by atoms with Crippen LogP contribution in [-0.4, -0.2) is 29.2 Å². The van der Waals surface area contributed by atoms with Gasteiger partial charge in [0, 0.05) is 13.0 Å². The van der Waals surface area contributed by atoms with Crippen molar-refractivity contribution in [2.75, 3.05) is 13.2 Å². The fourth-order valence-electron chi connectivity index (χ4n) is 3.17. The number of carbonyl (C=O) groups is 1. The molecule has 2 aromatic rings. The lowest BCUT2D eigenvalue weighted by Crippen LogP contribution is -2.25. The highest BCUT2D eigenvalue weighted by Crippen LogP contribution is 2.19. The van der Waals surface area contributed by atoms with E-state index >= 15 is 0 Å². The van der Waals surface area contributed by atoms with E-state index in [-0.39, 0.29) is 12.5 Å². The highest BCUT2D eigenvalue weighted by Gasteiger charge is 2.16. The lowest BCUT2D eigenvalue weighted by atomic mass is 10.0. The average molecular weight is 369 g/mol. The van der Waals surface area contributed by atoms with Gasteiger partial charge in [0.1, 0.15) is 5.75 Å². The van der Waals surface area contributed by atoms with Crippen molar-refractivity contribution in [2.45, 2.75) is 44.6 Å². The zero-order valence-corrected chi connectivity index (χ0v) is 15.5. The van der Waals surface area contributed by atoms with Gasteiger partial charge in [0.15, 0.2) is 0 Å². The predicted octanol–water partition coefficient (Wildman–Crippen LogP) is 3.04. The van der Waals surface area contributed by atoms with Gasteiger partial charge in [-0.3, -0.25) is 15.2 Å². The number of nitrogens with one attached hydrogen (secondary N) is 2. The van der Waals surface area contributed by atoms with Gasteiger partial charge in [-0.25, -0.2) is 5.43 Å². The molecule has 3 rings (SSSR count). The molecule has 0 spiro atoms.